The van der Waals surface area contributed by atoms with Crippen molar-refractivity contribution in [3.8, 4) is 28.7 Å². The number of hydrogen-bond donors (Lipinski definition) is 6. The number of fused-ring (bicyclic) bond motifs is 5. The first-order chi connectivity index (χ1) is 53.1. The van der Waals surface area contributed by atoms with E-state index in [0.717, 1.165) is 97.2 Å². The molecule has 0 atom stereocenters. The Morgan fingerprint density at radius 1 is 0.339 bits per heavy atom. The molecule has 5 aromatic carbocycles. The molecule has 0 aliphatic carbocycles. The van der Waals surface area contributed by atoms with Crippen molar-refractivity contribution in [2.45, 2.75) is 173 Å². The van der Waals surface area contributed by atoms with Crippen molar-refractivity contribution < 1.29 is 25.5 Å². The summed E-state index contributed by atoms with van der Waals surface area (Å²) in [7, 11) is 7.17. The van der Waals surface area contributed by atoms with E-state index in [1.807, 2.05) is 46.7 Å². The summed E-state index contributed by atoms with van der Waals surface area (Å²) < 4.78 is 7.81. The Labute approximate surface area is 700 Å². The van der Waals surface area contributed by atoms with Crippen LogP contribution in [0.5, 0.6) is 28.7 Å². The average Bonchev–Trinajstić information content (AvgIpc) is 0.794. The van der Waals surface area contributed by atoms with Gasteiger partial charge in [0.2, 0.25) is 0 Å². The van der Waals surface area contributed by atoms with Gasteiger partial charge < -0.3 is 30.8 Å². The van der Waals surface area contributed by atoms with Gasteiger partial charge in [0.25, 0.3) is 27.8 Å². The zero-order chi connectivity index (χ0) is 83.4. The molecule has 0 bridgehead atoms. The van der Waals surface area contributed by atoms with E-state index in [0.29, 0.717) is 81.5 Å². The third-order valence-corrected chi connectivity index (χ3v) is 21.2. The Kier molecular flexibility index (Phi) is 37.1. The molecule has 0 saturated carbocycles. The molecule has 612 valence electrons. The highest BCUT2D eigenvalue weighted by atomic mass is 35.5. The molecule has 5 heterocycles. The molecule has 35 heteroatoms. The molecule has 0 aliphatic rings. The zero-order valence-electron chi connectivity index (χ0n) is 65.5. The lowest BCUT2D eigenvalue weighted by molar-refractivity contribution is 0.254. The summed E-state index contributed by atoms with van der Waals surface area (Å²) in [4.78, 5) is 94.2. The van der Waals surface area contributed by atoms with Gasteiger partial charge in [-0.3, -0.25) is 66.4 Å². The number of unbranched alkanes of at least 4 members (excludes halogenated alkanes) is 1. The fourth-order valence-electron chi connectivity index (χ4n) is 12.1. The Hall–Kier alpha value is -6.50. The summed E-state index contributed by atoms with van der Waals surface area (Å²) in [6.45, 7) is 30.8. The predicted molar refractivity (Wildman–Crippen MR) is 459 cm³/mol. The summed E-state index contributed by atoms with van der Waals surface area (Å²) in [6.07, 6.45) is 7.60. The molecule has 0 amide bonds. The minimum atomic E-state index is -0.300. The van der Waals surface area contributed by atoms with E-state index in [9.17, 15) is 49.5 Å². The van der Waals surface area contributed by atoms with E-state index >= 15 is 0 Å². The van der Waals surface area contributed by atoms with Crippen molar-refractivity contribution in [1.29, 1.82) is 0 Å². The molecule has 5 aromatic heterocycles. The molecular weight excluding hydrogens is 1650 g/mol. The molecule has 6 N–H and O–H groups in total. The zero-order valence-corrected chi connectivity index (χ0v) is 73.0. The minimum absolute atomic E-state index is 0.0815. The molecule has 112 heavy (non-hydrogen) atoms. The van der Waals surface area contributed by atoms with Crippen molar-refractivity contribution in [1.82, 2.24) is 72.7 Å². The van der Waals surface area contributed by atoms with Gasteiger partial charge in [-0.25, -0.2) is 24.9 Å². The number of phenols is 5. The highest BCUT2D eigenvalue weighted by Gasteiger charge is 2.25. The number of rotatable bonds is 28. The number of nitrogens with one attached hydrogen (secondary N) is 1. The summed E-state index contributed by atoms with van der Waals surface area (Å²) >= 11 is 60.3. The lowest BCUT2D eigenvalue weighted by atomic mass is 10.2. The van der Waals surface area contributed by atoms with Gasteiger partial charge in [0.05, 0.1) is 110 Å². The molecule has 0 saturated heterocycles. The van der Waals surface area contributed by atoms with Crippen molar-refractivity contribution in [3.05, 3.63) is 161 Å². The van der Waals surface area contributed by atoms with Gasteiger partial charge in [0.1, 0.15) is 56.7 Å². The maximum absolute atomic E-state index is 13.0. The highest BCUT2D eigenvalue weighted by molar-refractivity contribution is 6.42. The van der Waals surface area contributed by atoms with Crippen molar-refractivity contribution in [3.63, 3.8) is 0 Å². The van der Waals surface area contributed by atoms with Crippen LogP contribution in [0.1, 0.15) is 150 Å². The van der Waals surface area contributed by atoms with Crippen molar-refractivity contribution in [2.24, 2.45) is 14.1 Å². The molecule has 10 aromatic rings. The van der Waals surface area contributed by atoms with Crippen LogP contribution in [-0.2, 0) is 66.5 Å². The quantitative estimate of drug-likeness (QED) is 0.0248. The van der Waals surface area contributed by atoms with Crippen LogP contribution in [0.3, 0.4) is 0 Å². The molecule has 25 nitrogen and oxygen atoms in total. The summed E-state index contributed by atoms with van der Waals surface area (Å²) in [5, 5.41) is 56.3. The van der Waals surface area contributed by atoms with Crippen LogP contribution in [-0.4, -0.2) is 153 Å². The average molecular weight is 1750 g/mol. The largest absolute Gasteiger partial charge is 0.504 e. The second kappa shape index (κ2) is 44.0. The van der Waals surface area contributed by atoms with Crippen molar-refractivity contribution in [2.75, 3.05) is 59.9 Å². The maximum Gasteiger partial charge on any atom is 0.263 e. The Morgan fingerprint density at radius 2 is 0.634 bits per heavy atom. The smallest absolute Gasteiger partial charge is 0.263 e. The van der Waals surface area contributed by atoms with Crippen molar-refractivity contribution >= 4 is 171 Å². The van der Waals surface area contributed by atoms with Crippen LogP contribution >= 0.6 is 116 Å². The van der Waals surface area contributed by atoms with Crippen LogP contribution in [0.2, 0.25) is 50.2 Å². The molecule has 0 radical (unpaired) electrons. The molecule has 0 spiro atoms. The first-order valence-corrected chi connectivity index (χ1v) is 40.9. The highest BCUT2D eigenvalue weighted by Crippen LogP contribution is 2.40. The lowest BCUT2D eigenvalue weighted by Crippen LogP contribution is -2.32. The van der Waals surface area contributed by atoms with Crippen LogP contribution in [0.25, 0.3) is 54.5 Å². The van der Waals surface area contributed by atoms with Crippen LogP contribution in [0.15, 0.2) is 54.3 Å². The summed E-state index contributed by atoms with van der Waals surface area (Å²) in [5.74, 6) is 1.88. The van der Waals surface area contributed by atoms with Gasteiger partial charge in [0, 0.05) is 33.7 Å². The Balaban J connectivity index is 0.000000219. The third-order valence-electron chi connectivity index (χ3n) is 18.2. The molecule has 10 rings (SSSR count). The summed E-state index contributed by atoms with van der Waals surface area (Å²) in [5.41, 5.74) is -0.514. The molecule has 0 unspecified atom stereocenters. The standard InChI is InChI=1S/C18H25Cl2N3O2.C16H21Cl2N3O2.2C15H19Cl2N3O2.C13H15Cl2N3O2/c1-4-7-22(8-5-2)11-14-21-16-15(18(25)23(14)9-6-3)12(19)10-13(20)17(16)24;1-4-7-21-12(9-20(5-2)6-3)19-14-13(16(21)23)10(17)8-11(18)15(14)22;1-4-5-6-19(2)8-11-18-13-12(15(22)20(11)3)9(16)7-10(17)14(13)21;1-3-5-18-8-11-19-13-12(15(22)20(11)6-4-2)9(16)7-10(17)14(13)21;1-4-17(2)6-9-16-11-10(13(20)18(9)3)7(14)5-8(15)12(11)19/h10,24H,4-9,11H2,1-3H3;8,22H,4-7,9H2,1-3H3;7,21H,4-6,8H2,1-3H3;7,18,21H,3-6,8H2,1-2H3;5,19H,4,6H2,1-3H3. The fraction of sp³-hybridized carbons (Fsp3) is 0.481. The first kappa shape index (κ1) is 94.4. The molecule has 0 fully saturated rings. The maximum atomic E-state index is 13.0. The topological polar surface area (TPSA) is 301 Å². The number of aromatic nitrogens is 10. The van der Waals surface area contributed by atoms with Gasteiger partial charge in [-0.05, 0) is 135 Å². The van der Waals surface area contributed by atoms with E-state index < -0.39 is 0 Å². The molecule has 0 aliphatic heterocycles. The van der Waals surface area contributed by atoms with Crippen LogP contribution in [0.4, 0.5) is 0 Å². The van der Waals surface area contributed by atoms with Gasteiger partial charge in [-0.1, -0.05) is 192 Å². The lowest BCUT2D eigenvalue weighted by Gasteiger charge is -2.23. The van der Waals surface area contributed by atoms with E-state index in [1.165, 1.54) is 39.5 Å². The Morgan fingerprint density at radius 3 is 0.929 bits per heavy atom. The van der Waals surface area contributed by atoms with Gasteiger partial charge >= 0.3 is 0 Å². The van der Waals surface area contributed by atoms with Gasteiger partial charge in [-0.15, -0.1) is 0 Å². The normalized spacial score (nSPS) is 11.5. The van der Waals surface area contributed by atoms with Crippen LogP contribution in [0, 0.1) is 0 Å². The van der Waals surface area contributed by atoms with E-state index in [4.69, 9.17) is 116 Å². The second-order valence-electron chi connectivity index (χ2n) is 26.6. The van der Waals surface area contributed by atoms with E-state index in [1.54, 1.807) is 27.8 Å². The van der Waals surface area contributed by atoms with E-state index in [-0.39, 0.29) is 161 Å². The van der Waals surface area contributed by atoms with Crippen LogP contribution < -0.4 is 33.1 Å². The number of phenolic OH excluding ortho intramolecular Hbond substituents is 5. The monoisotopic (exact) mass is 1740 g/mol. The first-order valence-electron chi connectivity index (χ1n) is 37.1. The number of hydrogen-bond acceptors (Lipinski definition) is 20. The number of benzene rings is 5. The number of aromatic hydroxyl groups is 5. The van der Waals surface area contributed by atoms with Gasteiger partial charge in [-0.2, -0.15) is 0 Å². The molecular formula is C77H99Cl10N15O10. The fourth-order valence-corrected chi connectivity index (χ4v) is 14.8. The third kappa shape index (κ3) is 22.6. The van der Waals surface area contributed by atoms with Gasteiger partial charge in [0.15, 0.2) is 28.7 Å². The number of nitrogens with zero attached hydrogens (tertiary/aromatic N) is 14. The SMILES string of the molecule is CCCCN(C)Cc1nc2c(O)c(Cl)cc(Cl)c2c(=O)n1C.CCCN(CCC)Cc1nc2c(O)c(Cl)cc(Cl)c2c(=O)n1CCC.CCCNCc1nc2c(O)c(Cl)cc(Cl)c2c(=O)n1CCC.CCCn1c(CN(CC)CC)nc2c(O)c(Cl)cc(Cl)c2c1=O.CCN(C)Cc1nc2c(O)c(Cl)cc(Cl)c2c(=O)n1C. The summed E-state index contributed by atoms with van der Waals surface area (Å²) in [6, 6.07) is 6.85. The Bertz CT molecular complexity index is 5310. The number of halogens is 10. The van der Waals surface area contributed by atoms with E-state index in [2.05, 4.69) is 86.5 Å². The predicted octanol–water partition coefficient (Wildman–Crippen LogP) is 17.0. The minimum Gasteiger partial charge on any atom is -0.504 e. The second-order valence-corrected chi connectivity index (χ2v) is 30.7.